The Morgan fingerprint density at radius 1 is 1.17 bits per heavy atom. The van der Waals surface area contributed by atoms with E-state index in [1.165, 1.54) is 6.07 Å². The van der Waals surface area contributed by atoms with Crippen LogP contribution in [0.5, 0.6) is 0 Å². The second-order valence-corrected chi connectivity index (χ2v) is 7.16. The molecule has 0 bridgehead atoms. The molecule has 1 amide bonds. The number of pyridine rings is 1. The highest BCUT2D eigenvalue weighted by Crippen LogP contribution is 2.28. The molecule has 1 aliphatic rings. The Hall–Kier alpha value is -3.12. The number of nitrogens with one attached hydrogen (secondary N) is 2. The maximum atomic E-state index is 12.9. The van der Waals surface area contributed by atoms with Crippen LogP contribution in [0, 0.1) is 11.3 Å². The lowest BCUT2D eigenvalue weighted by molar-refractivity contribution is -0.892. The number of hydrogen-bond donors (Lipinski definition) is 1. The van der Waals surface area contributed by atoms with Crippen LogP contribution in [0.4, 0.5) is 24.7 Å². The zero-order valence-corrected chi connectivity index (χ0v) is 16.5. The van der Waals surface area contributed by atoms with Crippen LogP contribution in [0.15, 0.2) is 48.7 Å². The summed E-state index contributed by atoms with van der Waals surface area (Å²) < 4.78 is 38.1. The van der Waals surface area contributed by atoms with Gasteiger partial charge in [0.05, 0.1) is 18.1 Å². The lowest BCUT2D eigenvalue weighted by Crippen LogP contribution is -3.16. The minimum absolute atomic E-state index is 0.0407. The van der Waals surface area contributed by atoms with Crippen LogP contribution >= 0.6 is 0 Å². The van der Waals surface area contributed by atoms with Crippen molar-refractivity contribution < 1.29 is 27.8 Å². The van der Waals surface area contributed by atoms with Crippen LogP contribution in [0.25, 0.3) is 0 Å². The molecule has 0 spiro atoms. The molecule has 30 heavy (non-hydrogen) atoms. The monoisotopic (exact) mass is 419 g/mol. The van der Waals surface area contributed by atoms with Crippen molar-refractivity contribution in [3.63, 3.8) is 0 Å². The molecule has 2 N–H and O–H groups in total. The van der Waals surface area contributed by atoms with Gasteiger partial charge in [-0.2, -0.15) is 18.4 Å². The van der Waals surface area contributed by atoms with Crippen molar-refractivity contribution in [3.8, 4) is 6.07 Å². The molecule has 1 aromatic carbocycles. The van der Waals surface area contributed by atoms with Crippen molar-refractivity contribution in [2.24, 2.45) is 0 Å². The molecule has 1 aromatic heterocycles. The normalized spacial score (nSPS) is 14.9. The first kappa shape index (κ1) is 21.6. The van der Waals surface area contributed by atoms with E-state index in [9.17, 15) is 18.0 Å². The van der Waals surface area contributed by atoms with E-state index in [4.69, 9.17) is 5.26 Å². The molecule has 2 heterocycles. The largest absolute Gasteiger partial charge is 0.419 e. The third-order valence-corrected chi connectivity index (χ3v) is 5.15. The molecule has 0 radical (unpaired) electrons. The number of quaternary nitrogens is 1. The Morgan fingerprint density at radius 3 is 2.43 bits per heavy atom. The summed E-state index contributed by atoms with van der Waals surface area (Å²) in [6, 6.07) is 13.9. The number of H-pyrrole nitrogens is 1. The molecule has 6 nitrogen and oxygen atoms in total. The van der Waals surface area contributed by atoms with Gasteiger partial charge in [-0.15, -0.1) is 0 Å². The van der Waals surface area contributed by atoms with Gasteiger partial charge in [0.1, 0.15) is 32.4 Å². The number of piperazine rings is 1. The number of hydrogen-bond acceptors (Lipinski definition) is 3. The van der Waals surface area contributed by atoms with E-state index in [1.54, 1.807) is 4.90 Å². The number of para-hydroxylation sites is 1. The van der Waals surface area contributed by atoms with Gasteiger partial charge in [-0.3, -0.25) is 9.69 Å². The average Bonchev–Trinajstić information content (AvgIpc) is 2.75. The predicted molar refractivity (Wildman–Crippen MR) is 105 cm³/mol. The van der Waals surface area contributed by atoms with Gasteiger partial charge in [0.2, 0.25) is 0 Å². The Labute approximate surface area is 173 Å². The Bertz CT molecular complexity index is 872. The number of anilines is 2. The number of alkyl halides is 3. The van der Waals surface area contributed by atoms with Crippen LogP contribution in [-0.4, -0.2) is 45.2 Å². The molecule has 3 rings (SSSR count). The fourth-order valence-electron chi connectivity index (χ4n) is 3.51. The van der Waals surface area contributed by atoms with Crippen LogP contribution in [-0.2, 0) is 11.0 Å². The molecule has 0 saturated carbocycles. The second-order valence-electron chi connectivity index (χ2n) is 7.16. The number of rotatable bonds is 6. The van der Waals surface area contributed by atoms with Gasteiger partial charge < -0.3 is 9.80 Å². The van der Waals surface area contributed by atoms with Gasteiger partial charge in [0.25, 0.3) is 11.7 Å². The molecular weight excluding hydrogens is 395 g/mol. The number of carbonyl (C=O) groups is 1. The van der Waals surface area contributed by atoms with Gasteiger partial charge in [-0.05, 0) is 18.2 Å². The van der Waals surface area contributed by atoms with E-state index in [0.29, 0.717) is 45.1 Å². The van der Waals surface area contributed by atoms with E-state index in [2.05, 4.69) is 11.1 Å². The van der Waals surface area contributed by atoms with Crippen molar-refractivity contribution in [3.05, 3.63) is 54.2 Å². The van der Waals surface area contributed by atoms with Gasteiger partial charge in [0, 0.05) is 18.3 Å². The number of aromatic amines is 1. The summed E-state index contributed by atoms with van der Waals surface area (Å²) in [4.78, 5) is 20.3. The summed E-state index contributed by atoms with van der Waals surface area (Å²) in [6.07, 6.45) is -3.13. The standard InChI is InChI=1S/C21H22F3N5O/c22-21(23,24)17-7-8-19(26-15-17)28-13-11-27(12-14-28)16-20(30)29(10-4-9-25)18-5-2-1-3-6-18/h1-3,5-8,15H,4,10-14,16H2/p+2. The summed E-state index contributed by atoms with van der Waals surface area (Å²) in [5.41, 5.74) is 0.0645. The number of benzene rings is 1. The van der Waals surface area contributed by atoms with Crippen molar-refractivity contribution in [1.29, 1.82) is 5.26 Å². The van der Waals surface area contributed by atoms with E-state index in [-0.39, 0.29) is 12.3 Å². The van der Waals surface area contributed by atoms with Gasteiger partial charge in [-0.1, -0.05) is 18.2 Å². The molecule has 158 valence electrons. The highest BCUT2D eigenvalue weighted by atomic mass is 19.4. The summed E-state index contributed by atoms with van der Waals surface area (Å²) in [7, 11) is 0. The third-order valence-electron chi connectivity index (χ3n) is 5.15. The van der Waals surface area contributed by atoms with E-state index in [1.807, 2.05) is 35.2 Å². The van der Waals surface area contributed by atoms with Crippen LogP contribution in [0.2, 0.25) is 0 Å². The number of amides is 1. The lowest BCUT2D eigenvalue weighted by atomic mass is 10.2. The molecule has 0 aliphatic carbocycles. The summed E-state index contributed by atoms with van der Waals surface area (Å²) in [6.45, 7) is 3.31. The molecule has 9 heteroatoms. The minimum atomic E-state index is -4.37. The van der Waals surface area contributed by atoms with Crippen molar-refractivity contribution in [2.45, 2.75) is 12.6 Å². The van der Waals surface area contributed by atoms with Crippen molar-refractivity contribution >= 4 is 17.4 Å². The maximum Gasteiger partial charge on any atom is 0.419 e. The summed E-state index contributed by atoms with van der Waals surface area (Å²) in [5, 5.41) is 8.90. The predicted octanol–water partition coefficient (Wildman–Crippen LogP) is 1.17. The van der Waals surface area contributed by atoms with E-state index >= 15 is 0 Å². The number of nitriles is 1. The summed E-state index contributed by atoms with van der Waals surface area (Å²) >= 11 is 0. The Balaban J connectivity index is 1.56. The molecule has 1 saturated heterocycles. The topological polar surface area (TPSA) is 65.9 Å². The highest BCUT2D eigenvalue weighted by Gasteiger charge is 2.33. The van der Waals surface area contributed by atoms with Crippen molar-refractivity contribution in [1.82, 2.24) is 0 Å². The minimum Gasteiger partial charge on any atom is -0.321 e. The number of aromatic nitrogens is 1. The Morgan fingerprint density at radius 2 is 1.87 bits per heavy atom. The van der Waals surface area contributed by atoms with Gasteiger partial charge in [-0.25, -0.2) is 4.98 Å². The Kier molecular flexibility index (Phi) is 6.90. The van der Waals surface area contributed by atoms with Gasteiger partial charge in [0.15, 0.2) is 6.54 Å². The molecule has 2 aromatic rings. The fourth-order valence-corrected chi connectivity index (χ4v) is 3.51. The number of halogens is 3. The quantitative estimate of drug-likeness (QED) is 0.765. The van der Waals surface area contributed by atoms with Crippen LogP contribution in [0.1, 0.15) is 12.0 Å². The first-order valence-electron chi connectivity index (χ1n) is 9.78. The maximum absolute atomic E-state index is 12.9. The molecule has 1 fully saturated rings. The fraction of sp³-hybridized carbons (Fsp3) is 0.381. The summed E-state index contributed by atoms with van der Waals surface area (Å²) in [5.74, 6) is 0.592. The SMILES string of the molecule is N#CCCN(C(=O)C[NH+]1CCN(c2ccc(C(F)(F)F)c[nH+]2)CC1)c1ccccc1. The van der Waals surface area contributed by atoms with Crippen LogP contribution < -0.4 is 19.7 Å². The molecule has 1 aliphatic heterocycles. The molecule has 0 atom stereocenters. The highest BCUT2D eigenvalue weighted by molar-refractivity contribution is 5.94. The van der Waals surface area contributed by atoms with Gasteiger partial charge >= 0.3 is 6.18 Å². The molecule has 0 unspecified atom stereocenters. The second kappa shape index (κ2) is 9.59. The first-order valence-corrected chi connectivity index (χ1v) is 9.78. The van der Waals surface area contributed by atoms with E-state index < -0.39 is 11.7 Å². The van der Waals surface area contributed by atoms with E-state index in [0.717, 1.165) is 22.9 Å². The number of carbonyl (C=O) groups excluding carboxylic acids is 1. The first-order chi connectivity index (χ1) is 14.4. The zero-order valence-electron chi connectivity index (χ0n) is 16.5. The molecular formula is C21H24F3N5O+2. The smallest absolute Gasteiger partial charge is 0.321 e. The third kappa shape index (κ3) is 5.48. The number of nitrogens with zero attached hydrogens (tertiary/aromatic N) is 3. The zero-order chi connectivity index (χ0) is 21.6. The van der Waals surface area contributed by atoms with Crippen molar-refractivity contribution in [2.75, 3.05) is 49.1 Å². The lowest BCUT2D eigenvalue weighted by Gasteiger charge is -2.30. The average molecular weight is 419 g/mol. The van der Waals surface area contributed by atoms with Crippen LogP contribution in [0.3, 0.4) is 0 Å².